The Balaban J connectivity index is 1.12. The number of hydrogen-bond donors (Lipinski definition) is 0. The van der Waals surface area contributed by atoms with Crippen molar-refractivity contribution in [3.8, 4) is 67.5 Å². The average Bonchev–Trinajstić information content (AvgIpc) is 3.68. The van der Waals surface area contributed by atoms with Crippen LogP contribution in [0, 0.1) is 0 Å². The van der Waals surface area contributed by atoms with E-state index in [-0.39, 0.29) is 0 Å². The topological polar surface area (TPSA) is 51.8 Å². The monoisotopic (exact) mass is 727 g/mol. The van der Waals surface area contributed by atoms with Crippen molar-refractivity contribution in [2.75, 3.05) is 0 Å². The highest BCUT2D eigenvalue weighted by Crippen LogP contribution is 2.40. The van der Waals surface area contributed by atoms with Crippen molar-refractivity contribution in [1.82, 2.24) is 15.0 Å². The van der Waals surface area contributed by atoms with Crippen LogP contribution in [-0.2, 0) is 0 Å². The standard InChI is InChI=1S/C53H33N3O/c1-3-14-35(15-4-1)43-31-30-37-18-7-10-21-42(37)49(43)53-55-51(54-52(56-53)46-24-13-23-45-44-22-11-12-25-48(44)57-50(45)46)38-28-26-34(27-29-38)40-32-39-19-8-9-20-41(39)47(33-40)36-16-5-2-6-17-36/h1-33H. The smallest absolute Gasteiger partial charge is 0.167 e. The summed E-state index contributed by atoms with van der Waals surface area (Å²) in [5.41, 5.74) is 11.1. The van der Waals surface area contributed by atoms with Crippen LogP contribution in [0.4, 0.5) is 0 Å². The quantitative estimate of drug-likeness (QED) is 0.171. The molecule has 0 saturated heterocycles. The van der Waals surface area contributed by atoms with Crippen molar-refractivity contribution < 1.29 is 4.42 Å². The van der Waals surface area contributed by atoms with Crippen LogP contribution in [0.3, 0.4) is 0 Å². The van der Waals surface area contributed by atoms with Gasteiger partial charge in [-0.3, -0.25) is 0 Å². The molecule has 4 nitrogen and oxygen atoms in total. The van der Waals surface area contributed by atoms with Crippen LogP contribution in [-0.4, -0.2) is 15.0 Å². The van der Waals surface area contributed by atoms with E-state index in [1.54, 1.807) is 0 Å². The fraction of sp³-hybridized carbons (Fsp3) is 0. The number of furan rings is 1. The second-order valence-electron chi connectivity index (χ2n) is 14.4. The van der Waals surface area contributed by atoms with Crippen LogP contribution in [0.2, 0.25) is 0 Å². The zero-order chi connectivity index (χ0) is 37.7. The number of hydrogen-bond acceptors (Lipinski definition) is 4. The summed E-state index contributed by atoms with van der Waals surface area (Å²) in [4.78, 5) is 15.8. The molecule has 2 heterocycles. The van der Waals surface area contributed by atoms with E-state index in [0.29, 0.717) is 17.5 Å². The van der Waals surface area contributed by atoms with Crippen molar-refractivity contribution in [1.29, 1.82) is 0 Å². The van der Waals surface area contributed by atoms with Crippen molar-refractivity contribution in [2.45, 2.75) is 0 Å². The Morgan fingerprint density at radius 2 is 0.895 bits per heavy atom. The number of aromatic nitrogens is 3. The molecule has 0 spiro atoms. The van der Waals surface area contributed by atoms with Crippen molar-refractivity contribution in [2.24, 2.45) is 0 Å². The third-order valence-corrected chi connectivity index (χ3v) is 10.9. The number of rotatable bonds is 6. The molecule has 11 aromatic rings. The predicted molar refractivity (Wildman–Crippen MR) is 235 cm³/mol. The highest BCUT2D eigenvalue weighted by molar-refractivity contribution is 6.09. The molecule has 0 unspecified atom stereocenters. The summed E-state index contributed by atoms with van der Waals surface area (Å²) in [6, 6.07) is 70.0. The molecular formula is C53H33N3O. The molecule has 0 aliphatic heterocycles. The van der Waals surface area contributed by atoms with Crippen LogP contribution in [0.5, 0.6) is 0 Å². The van der Waals surface area contributed by atoms with Gasteiger partial charge < -0.3 is 4.42 Å². The summed E-state index contributed by atoms with van der Waals surface area (Å²) in [7, 11) is 0. The zero-order valence-corrected chi connectivity index (χ0v) is 30.8. The summed E-state index contributed by atoms with van der Waals surface area (Å²) < 4.78 is 6.53. The van der Waals surface area contributed by atoms with E-state index in [2.05, 4.69) is 170 Å². The largest absolute Gasteiger partial charge is 0.455 e. The summed E-state index contributed by atoms with van der Waals surface area (Å²) in [5, 5.41) is 6.71. The molecule has 4 heteroatoms. The molecule has 266 valence electrons. The van der Waals surface area contributed by atoms with E-state index in [1.165, 1.54) is 21.9 Å². The van der Waals surface area contributed by atoms with Gasteiger partial charge in [0.25, 0.3) is 0 Å². The molecule has 9 aromatic carbocycles. The maximum Gasteiger partial charge on any atom is 0.167 e. The van der Waals surface area contributed by atoms with Gasteiger partial charge in [-0.05, 0) is 79.2 Å². The van der Waals surface area contributed by atoms with Crippen LogP contribution in [0.25, 0.3) is 111 Å². The highest BCUT2D eigenvalue weighted by Gasteiger charge is 2.21. The van der Waals surface area contributed by atoms with Crippen molar-refractivity contribution in [3.05, 3.63) is 200 Å². The molecule has 57 heavy (non-hydrogen) atoms. The fourth-order valence-corrected chi connectivity index (χ4v) is 8.18. The first-order valence-corrected chi connectivity index (χ1v) is 19.2. The van der Waals surface area contributed by atoms with Crippen LogP contribution in [0.1, 0.15) is 0 Å². The van der Waals surface area contributed by atoms with Crippen LogP contribution < -0.4 is 0 Å². The van der Waals surface area contributed by atoms with Gasteiger partial charge in [0.1, 0.15) is 11.2 Å². The Bertz CT molecular complexity index is 3280. The second-order valence-corrected chi connectivity index (χ2v) is 14.4. The minimum atomic E-state index is 0.553. The molecule has 0 radical (unpaired) electrons. The van der Waals surface area contributed by atoms with Gasteiger partial charge in [-0.25, -0.2) is 15.0 Å². The van der Waals surface area contributed by atoms with Crippen molar-refractivity contribution >= 4 is 43.5 Å². The van der Waals surface area contributed by atoms with Gasteiger partial charge in [-0.15, -0.1) is 0 Å². The molecule has 0 aliphatic carbocycles. The van der Waals surface area contributed by atoms with Gasteiger partial charge >= 0.3 is 0 Å². The summed E-state index contributed by atoms with van der Waals surface area (Å²) in [5.74, 6) is 1.74. The number of nitrogens with zero attached hydrogens (tertiary/aromatic N) is 3. The van der Waals surface area contributed by atoms with E-state index in [4.69, 9.17) is 19.4 Å². The second kappa shape index (κ2) is 13.6. The lowest BCUT2D eigenvalue weighted by Gasteiger charge is -2.15. The van der Waals surface area contributed by atoms with E-state index in [1.807, 2.05) is 30.3 Å². The van der Waals surface area contributed by atoms with Crippen molar-refractivity contribution in [3.63, 3.8) is 0 Å². The molecule has 0 atom stereocenters. The minimum Gasteiger partial charge on any atom is -0.455 e. The maximum absolute atomic E-state index is 6.53. The first kappa shape index (κ1) is 32.7. The lowest BCUT2D eigenvalue weighted by molar-refractivity contribution is 0.669. The Hall–Kier alpha value is -7.69. The number of fused-ring (bicyclic) bond motifs is 5. The van der Waals surface area contributed by atoms with E-state index in [0.717, 1.165) is 71.7 Å². The number of para-hydroxylation sites is 2. The van der Waals surface area contributed by atoms with Gasteiger partial charge in [0, 0.05) is 21.9 Å². The Morgan fingerprint density at radius 1 is 0.298 bits per heavy atom. The van der Waals surface area contributed by atoms with Crippen LogP contribution in [0.15, 0.2) is 205 Å². The SMILES string of the molecule is c1ccc(-c2ccc3ccccc3c2-c2nc(-c3ccc(-c4cc(-c5ccccc5)c5ccccc5c4)cc3)nc(-c3cccc4c3oc3ccccc34)n2)cc1. The van der Waals surface area contributed by atoms with Gasteiger partial charge in [0.2, 0.25) is 0 Å². The summed E-state index contributed by atoms with van der Waals surface area (Å²) in [6.07, 6.45) is 0. The summed E-state index contributed by atoms with van der Waals surface area (Å²) >= 11 is 0. The Labute approximate surface area is 329 Å². The van der Waals surface area contributed by atoms with E-state index < -0.39 is 0 Å². The molecule has 0 saturated carbocycles. The van der Waals surface area contributed by atoms with Gasteiger partial charge in [0.15, 0.2) is 17.5 Å². The third-order valence-electron chi connectivity index (χ3n) is 10.9. The molecule has 0 N–H and O–H groups in total. The normalized spacial score (nSPS) is 11.5. The van der Waals surface area contributed by atoms with E-state index >= 15 is 0 Å². The number of benzene rings is 9. The minimum absolute atomic E-state index is 0.553. The molecule has 0 aliphatic rings. The lowest BCUT2D eigenvalue weighted by atomic mass is 9.92. The first-order valence-electron chi connectivity index (χ1n) is 19.2. The first-order chi connectivity index (χ1) is 28.2. The lowest BCUT2D eigenvalue weighted by Crippen LogP contribution is -2.02. The summed E-state index contributed by atoms with van der Waals surface area (Å²) in [6.45, 7) is 0. The molecule has 0 fully saturated rings. The molecule has 11 rings (SSSR count). The predicted octanol–water partition coefficient (Wildman–Crippen LogP) is 14.1. The average molecular weight is 728 g/mol. The fourth-order valence-electron chi connectivity index (χ4n) is 8.18. The Morgan fingerprint density at radius 3 is 1.68 bits per heavy atom. The van der Waals surface area contributed by atoms with Gasteiger partial charge in [0.05, 0.1) is 5.56 Å². The Kier molecular flexibility index (Phi) is 7.78. The molecule has 0 amide bonds. The maximum atomic E-state index is 6.53. The zero-order valence-electron chi connectivity index (χ0n) is 30.8. The molecular weight excluding hydrogens is 695 g/mol. The van der Waals surface area contributed by atoms with Gasteiger partial charge in [-0.1, -0.05) is 176 Å². The van der Waals surface area contributed by atoms with Gasteiger partial charge in [-0.2, -0.15) is 0 Å². The highest BCUT2D eigenvalue weighted by atomic mass is 16.3. The molecule has 2 aromatic heterocycles. The van der Waals surface area contributed by atoms with E-state index in [9.17, 15) is 0 Å². The molecule has 0 bridgehead atoms. The van der Waals surface area contributed by atoms with Crippen LogP contribution >= 0.6 is 0 Å². The third kappa shape index (κ3) is 5.74.